The topological polar surface area (TPSA) is 83.8 Å². The van der Waals surface area contributed by atoms with Crippen LogP contribution in [0.5, 0.6) is 0 Å². The van der Waals surface area contributed by atoms with Crippen LogP contribution in [0.25, 0.3) is 11.0 Å². The fraction of sp³-hybridized carbons (Fsp3) is 0.385. The van der Waals surface area contributed by atoms with E-state index in [4.69, 9.17) is 5.73 Å². The van der Waals surface area contributed by atoms with Crippen molar-refractivity contribution in [1.82, 2.24) is 15.3 Å². The summed E-state index contributed by atoms with van der Waals surface area (Å²) in [7, 11) is 0. The molecular formula is C13H17Cl2FN4O. The molecule has 1 aromatic carbocycles. The summed E-state index contributed by atoms with van der Waals surface area (Å²) in [6, 6.07) is 2.49. The van der Waals surface area contributed by atoms with Gasteiger partial charge in [0.25, 0.3) is 5.91 Å². The Bertz CT molecular complexity index is 630. The maximum atomic E-state index is 13.5. The highest BCUT2D eigenvalue weighted by atomic mass is 35.5. The molecule has 1 aliphatic carbocycles. The quantitative estimate of drug-likeness (QED) is 0.799. The van der Waals surface area contributed by atoms with Gasteiger partial charge in [0.2, 0.25) is 0 Å². The standard InChI is InChI=1S/C13H15FN4O.2ClH/c14-8-3-9(12-10(4-8)16-6-17-12)13(19)18-11(5-15)7-1-2-7;;/h3-4,6-7,11H,1-2,5,15H2,(H,16,17)(H,18,19);2*1H. The number of nitrogens with zero attached hydrogens (tertiary/aromatic N) is 1. The highest BCUT2D eigenvalue weighted by Gasteiger charge is 2.31. The van der Waals surface area contributed by atoms with E-state index in [-0.39, 0.29) is 42.3 Å². The van der Waals surface area contributed by atoms with Gasteiger partial charge in [0.1, 0.15) is 11.3 Å². The lowest BCUT2D eigenvalue weighted by molar-refractivity contribution is 0.0934. The molecule has 116 valence electrons. The molecule has 1 aliphatic rings. The van der Waals surface area contributed by atoms with Crippen LogP contribution < -0.4 is 11.1 Å². The molecule has 1 amide bonds. The van der Waals surface area contributed by atoms with E-state index in [1.807, 2.05) is 0 Å². The van der Waals surface area contributed by atoms with Crippen molar-refractivity contribution in [2.45, 2.75) is 18.9 Å². The van der Waals surface area contributed by atoms with Crippen molar-refractivity contribution in [1.29, 1.82) is 0 Å². The number of H-pyrrole nitrogens is 1. The third-order valence-electron chi connectivity index (χ3n) is 3.49. The van der Waals surface area contributed by atoms with Crippen LogP contribution in [0, 0.1) is 11.7 Å². The number of benzene rings is 1. The Morgan fingerprint density at radius 3 is 2.81 bits per heavy atom. The lowest BCUT2D eigenvalue weighted by Gasteiger charge is -2.16. The Balaban J connectivity index is 0.00000110. The first kappa shape index (κ1) is 17.7. The van der Waals surface area contributed by atoms with E-state index in [0.29, 0.717) is 23.5 Å². The number of halogens is 3. The van der Waals surface area contributed by atoms with Gasteiger partial charge in [-0.05, 0) is 30.9 Å². The zero-order valence-electron chi connectivity index (χ0n) is 11.1. The predicted molar refractivity (Wildman–Crippen MR) is 83.6 cm³/mol. The molecule has 0 saturated heterocycles. The fourth-order valence-corrected chi connectivity index (χ4v) is 2.30. The molecular weight excluding hydrogens is 318 g/mol. The molecule has 4 N–H and O–H groups in total. The third kappa shape index (κ3) is 3.64. The number of fused-ring (bicyclic) bond motifs is 1. The molecule has 8 heteroatoms. The molecule has 0 aliphatic heterocycles. The van der Waals surface area contributed by atoms with E-state index >= 15 is 0 Å². The number of nitrogens with two attached hydrogens (primary N) is 1. The van der Waals surface area contributed by atoms with Crippen molar-refractivity contribution in [3.05, 3.63) is 29.8 Å². The van der Waals surface area contributed by atoms with Gasteiger partial charge in [0, 0.05) is 12.6 Å². The second kappa shape index (κ2) is 7.06. The van der Waals surface area contributed by atoms with Gasteiger partial charge >= 0.3 is 0 Å². The highest BCUT2D eigenvalue weighted by molar-refractivity contribution is 6.04. The number of hydrogen-bond acceptors (Lipinski definition) is 3. The van der Waals surface area contributed by atoms with E-state index in [2.05, 4.69) is 15.3 Å². The average Bonchev–Trinajstić information content (AvgIpc) is 3.13. The van der Waals surface area contributed by atoms with Crippen LogP contribution in [0.15, 0.2) is 18.5 Å². The Kier molecular flexibility index (Phi) is 5.95. The first-order chi connectivity index (χ1) is 9.19. The summed E-state index contributed by atoms with van der Waals surface area (Å²) in [5.41, 5.74) is 6.89. The van der Waals surface area contributed by atoms with Gasteiger partial charge in [0.15, 0.2) is 0 Å². The fourth-order valence-electron chi connectivity index (χ4n) is 2.30. The van der Waals surface area contributed by atoms with E-state index in [0.717, 1.165) is 12.8 Å². The zero-order valence-corrected chi connectivity index (χ0v) is 12.8. The molecule has 21 heavy (non-hydrogen) atoms. The maximum absolute atomic E-state index is 13.5. The summed E-state index contributed by atoms with van der Waals surface area (Å²) in [4.78, 5) is 19.1. The normalized spacial score (nSPS) is 15.0. The summed E-state index contributed by atoms with van der Waals surface area (Å²) < 4.78 is 13.5. The van der Waals surface area contributed by atoms with E-state index in [1.54, 1.807) is 0 Å². The second-order valence-corrected chi connectivity index (χ2v) is 4.91. The number of amides is 1. The first-order valence-electron chi connectivity index (χ1n) is 6.32. The summed E-state index contributed by atoms with van der Waals surface area (Å²) in [6.07, 6.45) is 3.62. The molecule has 1 unspecified atom stereocenters. The Morgan fingerprint density at radius 1 is 1.48 bits per heavy atom. The number of carbonyl (C=O) groups is 1. The number of nitrogens with one attached hydrogen (secondary N) is 2. The molecule has 1 aromatic heterocycles. The molecule has 0 radical (unpaired) electrons. The molecule has 0 bridgehead atoms. The number of imidazole rings is 1. The van der Waals surface area contributed by atoms with Crippen molar-refractivity contribution in [3.63, 3.8) is 0 Å². The van der Waals surface area contributed by atoms with Crippen LogP contribution in [-0.4, -0.2) is 28.5 Å². The summed E-state index contributed by atoms with van der Waals surface area (Å²) >= 11 is 0. The van der Waals surface area contributed by atoms with Crippen molar-refractivity contribution >= 4 is 41.8 Å². The number of aromatic amines is 1. The summed E-state index contributed by atoms with van der Waals surface area (Å²) in [6.45, 7) is 0.398. The zero-order chi connectivity index (χ0) is 13.4. The molecule has 0 spiro atoms. The van der Waals surface area contributed by atoms with Crippen molar-refractivity contribution in [2.75, 3.05) is 6.54 Å². The monoisotopic (exact) mass is 334 g/mol. The van der Waals surface area contributed by atoms with Crippen LogP contribution in [0.4, 0.5) is 4.39 Å². The molecule has 1 fully saturated rings. The minimum absolute atomic E-state index is 0. The van der Waals surface area contributed by atoms with Gasteiger partial charge in [0.05, 0.1) is 17.4 Å². The minimum Gasteiger partial charge on any atom is -0.348 e. The number of hydrogen-bond donors (Lipinski definition) is 3. The molecule has 3 rings (SSSR count). The van der Waals surface area contributed by atoms with Crippen molar-refractivity contribution in [2.24, 2.45) is 11.7 Å². The number of carbonyl (C=O) groups excluding carboxylic acids is 1. The third-order valence-corrected chi connectivity index (χ3v) is 3.49. The molecule has 1 saturated carbocycles. The largest absolute Gasteiger partial charge is 0.348 e. The second-order valence-electron chi connectivity index (χ2n) is 4.91. The summed E-state index contributed by atoms with van der Waals surface area (Å²) in [5.74, 6) is -0.325. The van der Waals surface area contributed by atoms with Gasteiger partial charge in [-0.25, -0.2) is 9.37 Å². The minimum atomic E-state index is -0.461. The molecule has 2 aromatic rings. The van der Waals surface area contributed by atoms with Gasteiger partial charge in [-0.3, -0.25) is 4.79 Å². The van der Waals surface area contributed by atoms with Crippen molar-refractivity contribution < 1.29 is 9.18 Å². The van der Waals surface area contributed by atoms with Gasteiger partial charge in [-0.15, -0.1) is 24.8 Å². The molecule has 1 heterocycles. The molecule has 5 nitrogen and oxygen atoms in total. The number of rotatable bonds is 4. The highest BCUT2D eigenvalue weighted by Crippen LogP contribution is 2.32. The first-order valence-corrected chi connectivity index (χ1v) is 6.32. The van der Waals surface area contributed by atoms with E-state index in [1.165, 1.54) is 18.5 Å². The average molecular weight is 335 g/mol. The van der Waals surface area contributed by atoms with E-state index in [9.17, 15) is 9.18 Å². The SMILES string of the molecule is Cl.Cl.NCC(NC(=O)c1cc(F)cc2[nH]cnc12)C1CC1. The summed E-state index contributed by atoms with van der Waals surface area (Å²) in [5, 5.41) is 2.87. The van der Waals surface area contributed by atoms with Crippen molar-refractivity contribution in [3.8, 4) is 0 Å². The van der Waals surface area contributed by atoms with E-state index < -0.39 is 5.82 Å². The van der Waals surface area contributed by atoms with Crippen LogP contribution >= 0.6 is 24.8 Å². The Morgan fingerprint density at radius 2 is 2.19 bits per heavy atom. The van der Waals surface area contributed by atoms with Crippen LogP contribution in [0.2, 0.25) is 0 Å². The maximum Gasteiger partial charge on any atom is 0.253 e. The van der Waals surface area contributed by atoms with Gasteiger partial charge in [-0.1, -0.05) is 0 Å². The lowest BCUT2D eigenvalue weighted by Crippen LogP contribution is -2.41. The number of aromatic nitrogens is 2. The Hall–Kier alpha value is -1.37. The Labute approximate surface area is 133 Å². The predicted octanol–water partition coefficient (Wildman–Crippen LogP) is 2.01. The van der Waals surface area contributed by atoms with Gasteiger partial charge in [-0.2, -0.15) is 0 Å². The van der Waals surface area contributed by atoms with Gasteiger partial charge < -0.3 is 16.0 Å². The van der Waals surface area contributed by atoms with Crippen LogP contribution in [-0.2, 0) is 0 Å². The molecule has 1 atom stereocenters. The van der Waals surface area contributed by atoms with Crippen LogP contribution in [0.3, 0.4) is 0 Å². The van der Waals surface area contributed by atoms with Crippen LogP contribution in [0.1, 0.15) is 23.2 Å². The smallest absolute Gasteiger partial charge is 0.253 e. The lowest BCUT2D eigenvalue weighted by atomic mass is 10.1.